The van der Waals surface area contributed by atoms with Crippen molar-refractivity contribution >= 4 is 11.9 Å². The fourth-order valence-electron chi connectivity index (χ4n) is 1.52. The van der Waals surface area contributed by atoms with Gasteiger partial charge in [-0.05, 0) is 38.5 Å². The molecule has 19 heavy (non-hydrogen) atoms. The van der Waals surface area contributed by atoms with Crippen molar-refractivity contribution in [2.45, 2.75) is 32.9 Å². The molecular weight excluding hydrogens is 244 g/mol. The number of nitrogens with one attached hydrogen (secondary N) is 1. The molecule has 0 aromatic heterocycles. The minimum atomic E-state index is -0.481. The third kappa shape index (κ3) is 6.01. The number of nitrogens with two attached hydrogens (primary N) is 1. The van der Waals surface area contributed by atoms with Crippen molar-refractivity contribution in [2.24, 2.45) is 5.73 Å². The molecule has 0 aliphatic heterocycles. The summed E-state index contributed by atoms with van der Waals surface area (Å²) in [6.45, 7) is 6.06. The third-order valence-corrected chi connectivity index (χ3v) is 2.23. The van der Waals surface area contributed by atoms with E-state index < -0.39 is 11.5 Å². The van der Waals surface area contributed by atoms with Crippen LogP contribution < -0.4 is 11.1 Å². The van der Waals surface area contributed by atoms with Gasteiger partial charge >= 0.3 is 5.97 Å². The molecule has 1 aromatic rings. The number of carbonyl (C=O) groups excluding carboxylic acids is 2. The molecule has 1 rings (SSSR count). The minimum absolute atomic E-state index is 0.123. The zero-order valence-corrected chi connectivity index (χ0v) is 11.5. The number of ether oxygens (including phenoxy) is 1. The second-order valence-electron chi connectivity index (χ2n) is 5.25. The Labute approximate surface area is 113 Å². The van der Waals surface area contributed by atoms with E-state index in [1.165, 1.54) is 0 Å². The minimum Gasteiger partial charge on any atom is -0.459 e. The highest BCUT2D eigenvalue weighted by Crippen LogP contribution is 2.07. The van der Waals surface area contributed by atoms with E-state index >= 15 is 0 Å². The summed E-state index contributed by atoms with van der Waals surface area (Å²) in [6, 6.07) is 6.96. The molecule has 0 unspecified atom stereocenters. The zero-order valence-electron chi connectivity index (χ0n) is 11.5. The standard InChI is InChI=1S/C14H20N2O3/c1-14(2,3)19-12(17)9-16-8-10-5-4-6-11(7-10)13(15)18/h4-7,16H,8-9H2,1-3H3,(H2,15,18). The highest BCUT2D eigenvalue weighted by molar-refractivity contribution is 5.92. The predicted molar refractivity (Wildman–Crippen MR) is 72.5 cm³/mol. The first-order valence-corrected chi connectivity index (χ1v) is 6.09. The van der Waals surface area contributed by atoms with E-state index in [1.807, 2.05) is 26.8 Å². The molecule has 0 saturated carbocycles. The lowest BCUT2D eigenvalue weighted by Crippen LogP contribution is -2.31. The number of primary amides is 1. The van der Waals surface area contributed by atoms with Crippen LogP contribution in [0.1, 0.15) is 36.7 Å². The molecule has 0 saturated heterocycles. The van der Waals surface area contributed by atoms with Gasteiger partial charge in [-0.15, -0.1) is 0 Å². The molecule has 1 aromatic carbocycles. The van der Waals surface area contributed by atoms with Gasteiger partial charge in [-0.3, -0.25) is 9.59 Å². The molecule has 3 N–H and O–H groups in total. The van der Waals surface area contributed by atoms with Gasteiger partial charge in [0, 0.05) is 12.1 Å². The molecule has 0 spiro atoms. The van der Waals surface area contributed by atoms with E-state index in [-0.39, 0.29) is 12.5 Å². The molecule has 0 fully saturated rings. The summed E-state index contributed by atoms with van der Waals surface area (Å²) >= 11 is 0. The predicted octanol–water partition coefficient (Wildman–Crippen LogP) is 1.22. The molecule has 0 aliphatic rings. The van der Waals surface area contributed by atoms with Crippen molar-refractivity contribution in [3.05, 3.63) is 35.4 Å². The van der Waals surface area contributed by atoms with Crippen molar-refractivity contribution in [3.8, 4) is 0 Å². The maximum Gasteiger partial charge on any atom is 0.320 e. The van der Waals surface area contributed by atoms with E-state index in [4.69, 9.17) is 10.5 Å². The van der Waals surface area contributed by atoms with Crippen LogP contribution in [0.2, 0.25) is 0 Å². The number of rotatable bonds is 5. The van der Waals surface area contributed by atoms with Gasteiger partial charge in [-0.2, -0.15) is 0 Å². The second kappa shape index (κ2) is 6.33. The number of carbonyl (C=O) groups is 2. The normalized spacial score (nSPS) is 11.1. The lowest BCUT2D eigenvalue weighted by Gasteiger charge is -2.19. The first-order chi connectivity index (χ1) is 8.78. The number of esters is 1. The van der Waals surface area contributed by atoms with E-state index in [1.54, 1.807) is 18.2 Å². The quantitative estimate of drug-likeness (QED) is 0.783. The highest BCUT2D eigenvalue weighted by Gasteiger charge is 2.15. The molecular formula is C14H20N2O3. The van der Waals surface area contributed by atoms with Crippen molar-refractivity contribution in [2.75, 3.05) is 6.54 Å². The molecule has 0 atom stereocenters. The largest absolute Gasteiger partial charge is 0.459 e. The summed E-state index contributed by atoms with van der Waals surface area (Å²) < 4.78 is 5.16. The number of hydrogen-bond acceptors (Lipinski definition) is 4. The van der Waals surface area contributed by atoms with Gasteiger partial charge in [0.2, 0.25) is 5.91 Å². The molecule has 0 heterocycles. The Kier molecular flexibility index (Phi) is 5.06. The fraction of sp³-hybridized carbons (Fsp3) is 0.429. The Balaban J connectivity index is 2.43. The summed E-state index contributed by atoms with van der Waals surface area (Å²) in [5.74, 6) is -0.771. The van der Waals surface area contributed by atoms with Crippen LogP contribution in [-0.2, 0) is 16.1 Å². The fourth-order valence-corrected chi connectivity index (χ4v) is 1.52. The summed E-state index contributed by atoms with van der Waals surface area (Å²) in [7, 11) is 0. The maximum atomic E-state index is 11.5. The molecule has 0 bridgehead atoms. The molecule has 104 valence electrons. The van der Waals surface area contributed by atoms with E-state index in [9.17, 15) is 9.59 Å². The first kappa shape index (κ1) is 15.2. The molecule has 1 amide bonds. The van der Waals surface area contributed by atoms with Crippen LogP contribution in [0.5, 0.6) is 0 Å². The van der Waals surface area contributed by atoms with Crippen LogP contribution in [0.4, 0.5) is 0 Å². The van der Waals surface area contributed by atoms with Crippen LogP contribution in [0, 0.1) is 0 Å². The molecule has 0 radical (unpaired) electrons. The van der Waals surface area contributed by atoms with E-state index in [2.05, 4.69) is 5.32 Å². The van der Waals surface area contributed by atoms with Crippen LogP contribution in [0.25, 0.3) is 0 Å². The maximum absolute atomic E-state index is 11.5. The number of hydrogen-bond donors (Lipinski definition) is 2. The van der Waals surface area contributed by atoms with Crippen molar-refractivity contribution in [1.29, 1.82) is 0 Å². The van der Waals surface area contributed by atoms with Gasteiger partial charge in [-0.25, -0.2) is 0 Å². The van der Waals surface area contributed by atoms with Gasteiger partial charge < -0.3 is 15.8 Å². The Hall–Kier alpha value is -1.88. The van der Waals surface area contributed by atoms with Crippen molar-refractivity contribution in [1.82, 2.24) is 5.32 Å². The average molecular weight is 264 g/mol. The van der Waals surface area contributed by atoms with Crippen LogP contribution >= 0.6 is 0 Å². The van der Waals surface area contributed by atoms with Crippen LogP contribution in [-0.4, -0.2) is 24.0 Å². The van der Waals surface area contributed by atoms with Crippen LogP contribution in [0.3, 0.4) is 0 Å². The van der Waals surface area contributed by atoms with Gasteiger partial charge in [0.15, 0.2) is 0 Å². The Morgan fingerprint density at radius 1 is 1.32 bits per heavy atom. The molecule has 5 heteroatoms. The smallest absolute Gasteiger partial charge is 0.320 e. The molecule has 5 nitrogen and oxygen atoms in total. The Morgan fingerprint density at radius 3 is 2.58 bits per heavy atom. The van der Waals surface area contributed by atoms with Crippen molar-refractivity contribution < 1.29 is 14.3 Å². The average Bonchev–Trinajstić information content (AvgIpc) is 2.27. The number of amides is 1. The summed E-state index contributed by atoms with van der Waals surface area (Å²) in [5.41, 5.74) is 6.06. The molecule has 0 aliphatic carbocycles. The van der Waals surface area contributed by atoms with E-state index in [0.29, 0.717) is 12.1 Å². The lowest BCUT2D eigenvalue weighted by atomic mass is 10.1. The topological polar surface area (TPSA) is 81.4 Å². The third-order valence-electron chi connectivity index (χ3n) is 2.23. The second-order valence-corrected chi connectivity index (χ2v) is 5.25. The van der Waals surface area contributed by atoms with Gasteiger partial charge in [0.05, 0.1) is 6.54 Å². The highest BCUT2D eigenvalue weighted by atomic mass is 16.6. The monoisotopic (exact) mass is 264 g/mol. The van der Waals surface area contributed by atoms with E-state index in [0.717, 1.165) is 5.56 Å². The van der Waals surface area contributed by atoms with Crippen molar-refractivity contribution in [3.63, 3.8) is 0 Å². The Morgan fingerprint density at radius 2 is 2.00 bits per heavy atom. The lowest BCUT2D eigenvalue weighted by molar-refractivity contribution is -0.153. The SMILES string of the molecule is CC(C)(C)OC(=O)CNCc1cccc(C(N)=O)c1. The summed E-state index contributed by atoms with van der Waals surface area (Å²) in [4.78, 5) is 22.5. The summed E-state index contributed by atoms with van der Waals surface area (Å²) in [6.07, 6.45) is 0. The van der Waals surface area contributed by atoms with Gasteiger partial charge in [-0.1, -0.05) is 12.1 Å². The van der Waals surface area contributed by atoms with Crippen LogP contribution in [0.15, 0.2) is 24.3 Å². The number of benzene rings is 1. The Bertz CT molecular complexity index is 464. The van der Waals surface area contributed by atoms with Gasteiger partial charge in [0.25, 0.3) is 0 Å². The van der Waals surface area contributed by atoms with Gasteiger partial charge in [0.1, 0.15) is 5.60 Å². The summed E-state index contributed by atoms with van der Waals surface area (Å²) in [5, 5.41) is 2.96. The zero-order chi connectivity index (χ0) is 14.5. The first-order valence-electron chi connectivity index (χ1n) is 6.09.